The van der Waals surface area contributed by atoms with Crippen LogP contribution in [-0.2, 0) is 0 Å². The second kappa shape index (κ2) is 5.66. The predicted molar refractivity (Wildman–Crippen MR) is 62.9 cm³/mol. The molecular formula is C12H20N2. The fourth-order valence-electron chi connectivity index (χ4n) is 1.55. The van der Waals surface area contributed by atoms with Crippen molar-refractivity contribution >= 4 is 5.69 Å². The van der Waals surface area contributed by atoms with Crippen LogP contribution in [0.5, 0.6) is 0 Å². The molecule has 0 aromatic heterocycles. The molecule has 0 atom stereocenters. The number of nitrogens with one attached hydrogen (secondary N) is 2. The third kappa shape index (κ3) is 3.04. The highest BCUT2D eigenvalue weighted by Gasteiger charge is 1.99. The number of rotatable bonds is 5. The molecule has 14 heavy (non-hydrogen) atoms. The van der Waals surface area contributed by atoms with Crippen LogP contribution in [0.3, 0.4) is 0 Å². The molecule has 0 aliphatic rings. The Balaban J connectivity index is 2.49. The molecule has 0 spiro atoms. The normalized spacial score (nSPS) is 10.2. The van der Waals surface area contributed by atoms with Gasteiger partial charge in [-0.3, -0.25) is 0 Å². The Bertz CT molecular complexity index is 261. The number of hydrogen-bond acceptors (Lipinski definition) is 2. The molecule has 0 saturated carbocycles. The van der Waals surface area contributed by atoms with Gasteiger partial charge in [0.25, 0.3) is 0 Å². The highest BCUT2D eigenvalue weighted by atomic mass is 14.9. The molecule has 1 rings (SSSR count). The Morgan fingerprint density at radius 1 is 1.07 bits per heavy atom. The van der Waals surface area contributed by atoms with Crippen molar-refractivity contribution in [3.63, 3.8) is 0 Å². The summed E-state index contributed by atoms with van der Waals surface area (Å²) < 4.78 is 0. The van der Waals surface area contributed by atoms with Crippen molar-refractivity contribution in [3.05, 3.63) is 29.3 Å². The van der Waals surface area contributed by atoms with Crippen LogP contribution in [0.25, 0.3) is 0 Å². The van der Waals surface area contributed by atoms with Gasteiger partial charge < -0.3 is 10.6 Å². The molecule has 1 aromatic carbocycles. The summed E-state index contributed by atoms with van der Waals surface area (Å²) in [6.45, 7) is 9.45. The maximum absolute atomic E-state index is 3.45. The van der Waals surface area contributed by atoms with Crippen LogP contribution < -0.4 is 10.6 Å². The van der Waals surface area contributed by atoms with E-state index >= 15 is 0 Å². The van der Waals surface area contributed by atoms with Gasteiger partial charge in [-0.25, -0.2) is 0 Å². The lowest BCUT2D eigenvalue weighted by molar-refractivity contribution is 0.738. The average molecular weight is 192 g/mol. The molecule has 0 unspecified atom stereocenters. The first-order valence-electron chi connectivity index (χ1n) is 5.26. The topological polar surface area (TPSA) is 24.1 Å². The van der Waals surface area contributed by atoms with Crippen LogP contribution in [0.4, 0.5) is 5.69 Å². The van der Waals surface area contributed by atoms with Gasteiger partial charge in [0.2, 0.25) is 0 Å². The van der Waals surface area contributed by atoms with E-state index in [0.29, 0.717) is 0 Å². The predicted octanol–water partition coefficient (Wildman–Crippen LogP) is 2.32. The Labute approximate surface area is 86.7 Å². The largest absolute Gasteiger partial charge is 0.383 e. The van der Waals surface area contributed by atoms with Gasteiger partial charge in [-0.05, 0) is 31.5 Å². The van der Waals surface area contributed by atoms with Gasteiger partial charge >= 0.3 is 0 Å². The lowest BCUT2D eigenvalue weighted by Crippen LogP contribution is -2.22. The maximum atomic E-state index is 3.45. The monoisotopic (exact) mass is 192 g/mol. The third-order valence-electron chi connectivity index (χ3n) is 2.33. The van der Waals surface area contributed by atoms with E-state index in [-0.39, 0.29) is 0 Å². The smallest absolute Gasteiger partial charge is 0.0400 e. The number of aryl methyl sites for hydroxylation is 2. The quantitative estimate of drug-likeness (QED) is 0.700. The van der Waals surface area contributed by atoms with Crippen molar-refractivity contribution in [2.45, 2.75) is 20.8 Å². The van der Waals surface area contributed by atoms with Gasteiger partial charge in [-0.1, -0.05) is 25.1 Å². The van der Waals surface area contributed by atoms with Gasteiger partial charge in [0, 0.05) is 18.8 Å². The van der Waals surface area contributed by atoms with Crippen molar-refractivity contribution in [1.29, 1.82) is 0 Å². The zero-order chi connectivity index (χ0) is 10.4. The minimum Gasteiger partial charge on any atom is -0.383 e. The number of anilines is 1. The molecule has 0 bridgehead atoms. The summed E-state index contributed by atoms with van der Waals surface area (Å²) >= 11 is 0. The van der Waals surface area contributed by atoms with Crippen LogP contribution >= 0.6 is 0 Å². The fourth-order valence-corrected chi connectivity index (χ4v) is 1.55. The third-order valence-corrected chi connectivity index (χ3v) is 2.33. The zero-order valence-corrected chi connectivity index (χ0v) is 9.35. The van der Waals surface area contributed by atoms with Crippen LogP contribution in [0.2, 0.25) is 0 Å². The Hall–Kier alpha value is -1.02. The van der Waals surface area contributed by atoms with Gasteiger partial charge in [0.1, 0.15) is 0 Å². The van der Waals surface area contributed by atoms with Crippen LogP contribution in [0.1, 0.15) is 18.1 Å². The molecule has 0 fully saturated rings. The summed E-state index contributed by atoms with van der Waals surface area (Å²) in [7, 11) is 0. The highest BCUT2D eigenvalue weighted by molar-refractivity contribution is 5.56. The highest BCUT2D eigenvalue weighted by Crippen LogP contribution is 2.18. The van der Waals surface area contributed by atoms with E-state index in [4.69, 9.17) is 0 Å². The molecule has 2 N–H and O–H groups in total. The molecule has 2 heteroatoms. The standard InChI is InChI=1S/C12H20N2/c1-4-13-8-9-14-12-10(2)6-5-7-11(12)3/h5-7,13-14H,4,8-9H2,1-3H3. The lowest BCUT2D eigenvalue weighted by atomic mass is 10.1. The summed E-state index contributed by atoms with van der Waals surface area (Å²) in [4.78, 5) is 0. The molecule has 0 amide bonds. The summed E-state index contributed by atoms with van der Waals surface area (Å²) in [6, 6.07) is 6.38. The molecular weight excluding hydrogens is 172 g/mol. The second-order valence-corrected chi connectivity index (χ2v) is 3.55. The first kappa shape index (κ1) is 11.1. The summed E-state index contributed by atoms with van der Waals surface area (Å²) in [5, 5.41) is 6.75. The van der Waals surface area contributed by atoms with Crippen molar-refractivity contribution in [3.8, 4) is 0 Å². The fraction of sp³-hybridized carbons (Fsp3) is 0.500. The summed E-state index contributed by atoms with van der Waals surface area (Å²) in [5.74, 6) is 0. The first-order valence-corrected chi connectivity index (χ1v) is 5.26. The molecule has 0 radical (unpaired) electrons. The van der Waals surface area contributed by atoms with E-state index in [0.717, 1.165) is 19.6 Å². The molecule has 0 heterocycles. The van der Waals surface area contributed by atoms with Crippen molar-refractivity contribution < 1.29 is 0 Å². The Morgan fingerprint density at radius 2 is 1.71 bits per heavy atom. The Morgan fingerprint density at radius 3 is 2.29 bits per heavy atom. The molecule has 2 nitrogen and oxygen atoms in total. The lowest BCUT2D eigenvalue weighted by Gasteiger charge is -2.12. The maximum Gasteiger partial charge on any atom is 0.0400 e. The molecule has 0 saturated heterocycles. The van der Waals surface area contributed by atoms with Crippen LogP contribution in [0, 0.1) is 13.8 Å². The van der Waals surface area contributed by atoms with E-state index in [1.807, 2.05) is 0 Å². The average Bonchev–Trinajstić information content (AvgIpc) is 2.16. The van der Waals surface area contributed by atoms with Crippen molar-refractivity contribution in [2.24, 2.45) is 0 Å². The molecule has 0 aliphatic heterocycles. The van der Waals surface area contributed by atoms with E-state index in [1.54, 1.807) is 0 Å². The molecule has 1 aromatic rings. The minimum atomic E-state index is 0.986. The molecule has 78 valence electrons. The van der Waals surface area contributed by atoms with E-state index in [2.05, 4.69) is 49.6 Å². The summed E-state index contributed by atoms with van der Waals surface area (Å²) in [5.41, 5.74) is 3.92. The van der Waals surface area contributed by atoms with E-state index in [1.165, 1.54) is 16.8 Å². The number of benzene rings is 1. The van der Waals surface area contributed by atoms with Gasteiger partial charge in [-0.15, -0.1) is 0 Å². The number of hydrogen-bond donors (Lipinski definition) is 2. The molecule has 0 aliphatic carbocycles. The minimum absolute atomic E-state index is 0.986. The van der Waals surface area contributed by atoms with Gasteiger partial charge in [0.15, 0.2) is 0 Å². The van der Waals surface area contributed by atoms with E-state index in [9.17, 15) is 0 Å². The zero-order valence-electron chi connectivity index (χ0n) is 9.35. The Kier molecular flexibility index (Phi) is 4.47. The van der Waals surface area contributed by atoms with Crippen LogP contribution in [-0.4, -0.2) is 19.6 Å². The van der Waals surface area contributed by atoms with Crippen molar-refractivity contribution in [1.82, 2.24) is 5.32 Å². The SMILES string of the molecule is CCNCCNc1c(C)cccc1C. The number of likely N-dealkylation sites (N-methyl/N-ethyl adjacent to an activating group) is 1. The van der Waals surface area contributed by atoms with E-state index < -0.39 is 0 Å². The summed E-state index contributed by atoms with van der Waals surface area (Å²) in [6.07, 6.45) is 0. The van der Waals surface area contributed by atoms with Crippen LogP contribution in [0.15, 0.2) is 18.2 Å². The number of para-hydroxylation sites is 1. The second-order valence-electron chi connectivity index (χ2n) is 3.55. The van der Waals surface area contributed by atoms with Gasteiger partial charge in [0.05, 0.1) is 0 Å². The van der Waals surface area contributed by atoms with Gasteiger partial charge in [-0.2, -0.15) is 0 Å². The van der Waals surface area contributed by atoms with Crippen molar-refractivity contribution in [2.75, 3.05) is 25.0 Å². The first-order chi connectivity index (χ1) is 6.75.